The van der Waals surface area contributed by atoms with Crippen LogP contribution in [0.15, 0.2) is 48.7 Å². The molecule has 4 nitrogen and oxygen atoms in total. The van der Waals surface area contributed by atoms with Crippen molar-refractivity contribution in [3.05, 3.63) is 87.6 Å². The summed E-state index contributed by atoms with van der Waals surface area (Å²) in [7, 11) is 0. The van der Waals surface area contributed by atoms with Crippen LogP contribution in [-0.4, -0.2) is 21.5 Å². The number of benzene rings is 2. The highest BCUT2D eigenvalue weighted by atomic mass is 35.5. The summed E-state index contributed by atoms with van der Waals surface area (Å²) in [6.45, 7) is 0.155. The molecular formula is C23H14ClF7N4. The molecule has 182 valence electrons. The molecule has 0 fully saturated rings. The zero-order valence-electron chi connectivity index (χ0n) is 17.5. The molecule has 35 heavy (non-hydrogen) atoms. The molecule has 0 amide bonds. The zero-order valence-corrected chi connectivity index (χ0v) is 18.2. The first-order valence-corrected chi connectivity index (χ1v) is 10.6. The van der Waals surface area contributed by atoms with Crippen molar-refractivity contribution in [1.29, 1.82) is 0 Å². The largest absolute Gasteiger partial charge is 0.433 e. The topological polar surface area (TPSA) is 44.8 Å². The number of nitrogens with one attached hydrogen (secondary N) is 1. The van der Waals surface area contributed by atoms with E-state index in [1.165, 1.54) is 29.2 Å². The van der Waals surface area contributed by atoms with E-state index in [1.807, 2.05) is 0 Å². The first-order chi connectivity index (χ1) is 16.4. The standard InChI is InChI=1S/C23H14ClF7N4/c24-15-9-14-13-6-8-35(21-32-7-5-18(34-21)23(29,30)31)20(19(13)33-17(14)10-16(15)25)11-1-3-12(4-2-11)22(26,27)28/h1-5,7,9-10,20,33H,6,8H2. The number of aromatic amines is 1. The molecule has 0 bridgehead atoms. The molecule has 1 aliphatic rings. The van der Waals surface area contributed by atoms with Gasteiger partial charge in [0.05, 0.1) is 16.6 Å². The van der Waals surface area contributed by atoms with Gasteiger partial charge in [-0.1, -0.05) is 23.7 Å². The highest BCUT2D eigenvalue weighted by Gasteiger charge is 2.37. The van der Waals surface area contributed by atoms with Crippen LogP contribution in [0.3, 0.4) is 0 Å². The van der Waals surface area contributed by atoms with Crippen molar-refractivity contribution >= 4 is 28.5 Å². The van der Waals surface area contributed by atoms with Crippen LogP contribution in [0.2, 0.25) is 5.02 Å². The van der Waals surface area contributed by atoms with E-state index in [4.69, 9.17) is 11.6 Å². The Morgan fingerprint density at radius 3 is 2.34 bits per heavy atom. The van der Waals surface area contributed by atoms with E-state index in [2.05, 4.69) is 15.0 Å². The summed E-state index contributed by atoms with van der Waals surface area (Å²) in [5.41, 5.74) is -0.0444. The number of hydrogen-bond acceptors (Lipinski definition) is 3. The third-order valence-corrected chi connectivity index (χ3v) is 6.20. The number of rotatable bonds is 2. The van der Waals surface area contributed by atoms with Gasteiger partial charge in [-0.25, -0.2) is 14.4 Å². The van der Waals surface area contributed by atoms with E-state index in [0.29, 0.717) is 28.6 Å². The summed E-state index contributed by atoms with van der Waals surface area (Å²) in [4.78, 5) is 12.2. The molecule has 0 saturated carbocycles. The average molecular weight is 515 g/mol. The normalized spacial score (nSPS) is 16.6. The van der Waals surface area contributed by atoms with Gasteiger partial charge in [-0.2, -0.15) is 26.3 Å². The minimum absolute atomic E-state index is 0.103. The van der Waals surface area contributed by atoms with Crippen molar-refractivity contribution in [3.8, 4) is 0 Å². The van der Waals surface area contributed by atoms with Gasteiger partial charge in [-0.15, -0.1) is 0 Å². The Morgan fingerprint density at radius 1 is 0.971 bits per heavy atom. The third kappa shape index (κ3) is 4.18. The molecule has 0 radical (unpaired) electrons. The fourth-order valence-electron chi connectivity index (χ4n) is 4.35. The lowest BCUT2D eigenvalue weighted by atomic mass is 9.92. The summed E-state index contributed by atoms with van der Waals surface area (Å²) in [5.74, 6) is -0.903. The Labute approximate surface area is 198 Å². The Balaban J connectivity index is 1.69. The van der Waals surface area contributed by atoms with E-state index >= 15 is 0 Å². The van der Waals surface area contributed by atoms with Crippen LogP contribution in [0.1, 0.15) is 34.1 Å². The molecule has 1 unspecified atom stereocenters. The van der Waals surface area contributed by atoms with Gasteiger partial charge in [-0.05, 0) is 47.9 Å². The van der Waals surface area contributed by atoms with E-state index in [-0.39, 0.29) is 17.5 Å². The van der Waals surface area contributed by atoms with Crippen molar-refractivity contribution in [2.24, 2.45) is 0 Å². The van der Waals surface area contributed by atoms with Crippen LogP contribution >= 0.6 is 11.6 Å². The predicted octanol–water partition coefficient (Wildman–Crippen LogP) is 6.94. The summed E-state index contributed by atoms with van der Waals surface area (Å²) in [6.07, 6.45) is -7.97. The number of hydrogen-bond donors (Lipinski definition) is 1. The fraction of sp³-hybridized carbons (Fsp3) is 0.217. The maximum Gasteiger partial charge on any atom is 0.433 e. The second kappa shape index (κ2) is 8.11. The van der Waals surface area contributed by atoms with Crippen molar-refractivity contribution in [2.75, 3.05) is 11.4 Å². The molecule has 12 heteroatoms. The molecule has 1 atom stereocenters. The van der Waals surface area contributed by atoms with Crippen LogP contribution in [0, 0.1) is 5.82 Å². The van der Waals surface area contributed by atoms with Gasteiger partial charge in [0.15, 0.2) is 0 Å². The second-order valence-corrected chi connectivity index (χ2v) is 8.44. The Hall–Kier alpha value is -3.34. The maximum absolute atomic E-state index is 14.1. The van der Waals surface area contributed by atoms with Crippen LogP contribution in [0.25, 0.3) is 10.9 Å². The SMILES string of the molecule is Fc1cc2[nH]c3c(c2cc1Cl)CCN(c1nccc(C(F)(F)F)n1)C3c1ccc(C(F)(F)F)cc1. The first kappa shape index (κ1) is 23.4. The summed E-state index contributed by atoms with van der Waals surface area (Å²) >= 11 is 5.95. The van der Waals surface area contributed by atoms with Gasteiger partial charge in [0.25, 0.3) is 0 Å². The molecule has 2 aromatic heterocycles. The molecule has 0 saturated heterocycles. The quantitative estimate of drug-likeness (QED) is 0.295. The number of alkyl halides is 6. The number of nitrogens with zero attached hydrogens (tertiary/aromatic N) is 3. The molecule has 1 aliphatic heterocycles. The first-order valence-electron chi connectivity index (χ1n) is 10.3. The maximum atomic E-state index is 14.1. The molecule has 2 aromatic carbocycles. The number of aromatic nitrogens is 3. The van der Waals surface area contributed by atoms with E-state index < -0.39 is 35.5 Å². The van der Waals surface area contributed by atoms with Gasteiger partial charge in [0.1, 0.15) is 11.5 Å². The molecule has 3 heterocycles. The smallest absolute Gasteiger partial charge is 0.356 e. The van der Waals surface area contributed by atoms with Crippen molar-refractivity contribution in [1.82, 2.24) is 15.0 Å². The summed E-state index contributed by atoms with van der Waals surface area (Å²) in [5, 5.41) is 0.516. The van der Waals surface area contributed by atoms with Gasteiger partial charge in [0.2, 0.25) is 5.95 Å². The molecule has 0 spiro atoms. The third-order valence-electron chi connectivity index (χ3n) is 5.91. The van der Waals surface area contributed by atoms with Crippen molar-refractivity contribution in [2.45, 2.75) is 24.8 Å². The van der Waals surface area contributed by atoms with E-state index in [9.17, 15) is 30.7 Å². The van der Waals surface area contributed by atoms with E-state index in [1.54, 1.807) is 0 Å². The molecule has 1 N–H and O–H groups in total. The molecule has 5 rings (SSSR count). The summed E-state index contributed by atoms with van der Waals surface area (Å²) < 4.78 is 93.3. The minimum atomic E-state index is -4.71. The van der Waals surface area contributed by atoms with Crippen LogP contribution in [-0.2, 0) is 18.8 Å². The highest BCUT2D eigenvalue weighted by Crippen LogP contribution is 2.42. The zero-order chi connectivity index (χ0) is 25.1. The Morgan fingerprint density at radius 2 is 1.69 bits per heavy atom. The van der Waals surface area contributed by atoms with Crippen LogP contribution < -0.4 is 4.90 Å². The lowest BCUT2D eigenvalue weighted by molar-refractivity contribution is -0.141. The number of H-pyrrole nitrogens is 1. The Bertz CT molecular complexity index is 1410. The fourth-order valence-corrected chi connectivity index (χ4v) is 4.51. The van der Waals surface area contributed by atoms with Crippen LogP contribution in [0.4, 0.5) is 36.7 Å². The lowest BCUT2D eigenvalue weighted by Crippen LogP contribution is -2.37. The molecular weight excluding hydrogens is 501 g/mol. The summed E-state index contributed by atoms with van der Waals surface area (Å²) in [6, 6.07) is 6.82. The minimum Gasteiger partial charge on any atom is -0.356 e. The van der Waals surface area contributed by atoms with Crippen molar-refractivity contribution < 1.29 is 30.7 Å². The number of anilines is 1. The van der Waals surface area contributed by atoms with Gasteiger partial charge >= 0.3 is 12.4 Å². The predicted molar refractivity (Wildman–Crippen MR) is 115 cm³/mol. The monoisotopic (exact) mass is 514 g/mol. The number of halogens is 8. The van der Waals surface area contributed by atoms with Gasteiger partial charge < -0.3 is 9.88 Å². The Kier molecular flexibility index (Phi) is 5.42. The van der Waals surface area contributed by atoms with E-state index in [0.717, 1.165) is 30.0 Å². The van der Waals surface area contributed by atoms with Gasteiger partial charge in [0, 0.05) is 29.3 Å². The lowest BCUT2D eigenvalue weighted by Gasteiger charge is -2.36. The van der Waals surface area contributed by atoms with Crippen LogP contribution in [0.5, 0.6) is 0 Å². The van der Waals surface area contributed by atoms with Crippen molar-refractivity contribution in [3.63, 3.8) is 0 Å². The molecule has 4 aromatic rings. The highest BCUT2D eigenvalue weighted by molar-refractivity contribution is 6.31. The van der Waals surface area contributed by atoms with Gasteiger partial charge in [-0.3, -0.25) is 0 Å². The number of fused-ring (bicyclic) bond motifs is 3. The molecule has 0 aliphatic carbocycles. The second-order valence-electron chi connectivity index (χ2n) is 8.03. The average Bonchev–Trinajstić information content (AvgIpc) is 3.15.